The fraction of sp³-hybridized carbons (Fsp3) is 0.304. The number of nitrogens with zero attached hydrogens (tertiary/aromatic N) is 2. The summed E-state index contributed by atoms with van der Waals surface area (Å²) < 4.78 is 6.19. The molecule has 0 bridgehead atoms. The molecule has 138 valence electrons. The molecule has 3 aromatic heterocycles. The Morgan fingerprint density at radius 3 is 2.52 bits per heavy atom. The molecule has 0 aliphatic rings. The van der Waals surface area contributed by atoms with Crippen molar-refractivity contribution in [2.24, 2.45) is 5.92 Å². The van der Waals surface area contributed by atoms with Crippen molar-refractivity contribution in [1.82, 2.24) is 9.97 Å². The second kappa shape index (κ2) is 6.61. The van der Waals surface area contributed by atoms with Crippen LogP contribution in [0.5, 0.6) is 0 Å². The second-order valence-electron chi connectivity index (χ2n) is 8.74. The van der Waals surface area contributed by atoms with Crippen LogP contribution in [0.25, 0.3) is 33.2 Å². The zero-order valence-electron chi connectivity index (χ0n) is 16.7. The molecule has 4 rings (SSSR count). The van der Waals surface area contributed by atoms with E-state index >= 15 is 0 Å². The molecule has 4 aromatic rings. The Kier molecular flexibility index (Phi) is 4.39. The van der Waals surface area contributed by atoms with Gasteiger partial charge in [-0.05, 0) is 35.2 Å². The van der Waals surface area contributed by atoms with E-state index in [-0.39, 0.29) is 0 Å². The van der Waals surface area contributed by atoms with Gasteiger partial charge in [-0.2, -0.15) is 0 Å². The lowest BCUT2D eigenvalue weighted by molar-refractivity contribution is 0.648. The topological polar surface area (TPSA) is 38.9 Å². The van der Waals surface area contributed by atoms with Gasteiger partial charge in [0.1, 0.15) is 11.2 Å². The smallest absolute Gasteiger partial charge is 0.147 e. The van der Waals surface area contributed by atoms with Crippen LogP contribution in [0.15, 0.2) is 53.3 Å². The normalized spacial score (nSPS) is 12.4. The van der Waals surface area contributed by atoms with Crippen molar-refractivity contribution < 1.29 is 4.42 Å². The average Bonchev–Trinajstić information content (AvgIpc) is 2.99. The van der Waals surface area contributed by atoms with Gasteiger partial charge in [0.05, 0.1) is 19.3 Å². The maximum absolute atomic E-state index is 6.19. The summed E-state index contributed by atoms with van der Waals surface area (Å²) in [6.07, 6.45) is 6.93. The van der Waals surface area contributed by atoms with Crippen molar-refractivity contribution in [1.29, 1.82) is 0 Å². The fourth-order valence-corrected chi connectivity index (χ4v) is 5.34. The zero-order chi connectivity index (χ0) is 19.2. The van der Waals surface area contributed by atoms with E-state index in [1.54, 1.807) is 0 Å². The van der Waals surface area contributed by atoms with Crippen LogP contribution in [0, 0.1) is 5.92 Å². The third-order valence-corrected chi connectivity index (χ3v) is 7.05. The molecular weight excluding hydrogens is 348 g/mol. The van der Waals surface area contributed by atoms with Crippen LogP contribution >= 0.6 is 0 Å². The monoisotopic (exact) mass is 374 g/mol. The largest absolute Gasteiger partial charge is 0.455 e. The van der Waals surface area contributed by atoms with E-state index in [9.17, 15) is 0 Å². The van der Waals surface area contributed by atoms with Gasteiger partial charge in [-0.1, -0.05) is 51.7 Å². The van der Waals surface area contributed by atoms with Crippen molar-refractivity contribution >= 4 is 35.2 Å². The van der Waals surface area contributed by atoms with E-state index in [1.165, 1.54) is 10.8 Å². The van der Waals surface area contributed by atoms with Crippen molar-refractivity contribution in [3.8, 4) is 11.3 Å². The van der Waals surface area contributed by atoms with Gasteiger partial charge in [-0.3, -0.25) is 9.97 Å². The number of hydrogen-bond donors (Lipinski definition) is 0. The molecule has 0 spiro atoms. The SMILES string of the molecule is CC(C)Cc1cc(-c2cncc3c2oc2ccccc23)ncc1[Si](C)(C)C. The highest BCUT2D eigenvalue weighted by molar-refractivity contribution is 6.89. The molecule has 0 saturated heterocycles. The third-order valence-electron chi connectivity index (χ3n) is 4.99. The summed E-state index contributed by atoms with van der Waals surface area (Å²) in [6.45, 7) is 11.7. The van der Waals surface area contributed by atoms with E-state index < -0.39 is 8.07 Å². The van der Waals surface area contributed by atoms with Crippen molar-refractivity contribution in [3.63, 3.8) is 0 Å². The molecule has 0 aliphatic heterocycles. The van der Waals surface area contributed by atoms with Crippen molar-refractivity contribution in [2.75, 3.05) is 0 Å². The molecule has 0 saturated carbocycles. The minimum absolute atomic E-state index is 0.607. The van der Waals surface area contributed by atoms with E-state index in [2.05, 4.69) is 56.8 Å². The van der Waals surface area contributed by atoms with Gasteiger partial charge < -0.3 is 4.42 Å². The molecule has 0 atom stereocenters. The van der Waals surface area contributed by atoms with Gasteiger partial charge >= 0.3 is 0 Å². The van der Waals surface area contributed by atoms with Gasteiger partial charge in [0.25, 0.3) is 0 Å². The molecule has 4 heteroatoms. The minimum Gasteiger partial charge on any atom is -0.455 e. The maximum atomic E-state index is 6.19. The lowest BCUT2D eigenvalue weighted by atomic mass is 10.0. The standard InChI is InChI=1S/C23H26N2OSi/c1-15(2)10-16-11-20(25-14-22(16)27(3,4)5)19-13-24-12-18-17-8-6-7-9-21(17)26-23(18)19/h6-9,11-15H,10H2,1-5H3. The van der Waals surface area contributed by atoms with Crippen LogP contribution in [-0.4, -0.2) is 18.0 Å². The number of fused-ring (bicyclic) bond motifs is 3. The summed E-state index contributed by atoms with van der Waals surface area (Å²) in [4.78, 5) is 9.32. The van der Waals surface area contributed by atoms with Crippen LogP contribution in [0.2, 0.25) is 19.6 Å². The van der Waals surface area contributed by atoms with Crippen LogP contribution in [-0.2, 0) is 6.42 Å². The van der Waals surface area contributed by atoms with E-state index in [1.807, 2.05) is 30.6 Å². The molecule has 0 unspecified atom stereocenters. The Balaban J connectivity index is 1.93. The molecule has 3 nitrogen and oxygen atoms in total. The van der Waals surface area contributed by atoms with Gasteiger partial charge in [0, 0.05) is 29.4 Å². The highest BCUT2D eigenvalue weighted by Crippen LogP contribution is 2.34. The molecular formula is C23H26N2OSi. The summed E-state index contributed by atoms with van der Waals surface area (Å²) in [7, 11) is -1.45. The molecule has 0 aliphatic carbocycles. The maximum Gasteiger partial charge on any atom is 0.147 e. The van der Waals surface area contributed by atoms with Crippen molar-refractivity contribution in [3.05, 3.63) is 54.5 Å². The Hall–Kier alpha value is -2.46. The number of rotatable bonds is 4. The first kappa shape index (κ1) is 17.9. The number of furan rings is 1. The molecule has 1 aromatic carbocycles. The first-order chi connectivity index (χ1) is 12.8. The summed E-state index contributed by atoms with van der Waals surface area (Å²) in [5.41, 5.74) is 5.10. The zero-order valence-corrected chi connectivity index (χ0v) is 17.7. The average molecular weight is 375 g/mol. The molecule has 0 N–H and O–H groups in total. The predicted octanol–water partition coefficient (Wildman–Crippen LogP) is 5.79. The second-order valence-corrected chi connectivity index (χ2v) is 13.8. The number of aromatic nitrogens is 2. The Bertz CT molecular complexity index is 1120. The molecule has 27 heavy (non-hydrogen) atoms. The number of pyridine rings is 2. The highest BCUT2D eigenvalue weighted by atomic mass is 28.3. The summed E-state index contributed by atoms with van der Waals surface area (Å²) >= 11 is 0. The van der Waals surface area contributed by atoms with Gasteiger partial charge in [0.15, 0.2) is 0 Å². The van der Waals surface area contributed by atoms with Crippen LogP contribution < -0.4 is 5.19 Å². The number of para-hydroxylation sites is 1. The van der Waals surface area contributed by atoms with Crippen LogP contribution in [0.4, 0.5) is 0 Å². The van der Waals surface area contributed by atoms with E-state index in [0.717, 1.165) is 39.6 Å². The fourth-order valence-electron chi connectivity index (χ4n) is 3.75. The quantitative estimate of drug-likeness (QED) is 0.425. The van der Waals surface area contributed by atoms with E-state index in [4.69, 9.17) is 9.40 Å². The Morgan fingerprint density at radius 1 is 1.00 bits per heavy atom. The predicted molar refractivity (Wildman–Crippen MR) is 116 cm³/mol. The third kappa shape index (κ3) is 3.30. The minimum atomic E-state index is -1.45. The Morgan fingerprint density at radius 2 is 1.78 bits per heavy atom. The van der Waals surface area contributed by atoms with E-state index in [0.29, 0.717) is 5.92 Å². The Labute approximate surface area is 161 Å². The lowest BCUT2D eigenvalue weighted by Crippen LogP contribution is -2.40. The highest BCUT2D eigenvalue weighted by Gasteiger charge is 2.22. The molecule has 0 fully saturated rings. The van der Waals surface area contributed by atoms with Crippen LogP contribution in [0.3, 0.4) is 0 Å². The van der Waals surface area contributed by atoms with Crippen LogP contribution in [0.1, 0.15) is 19.4 Å². The lowest BCUT2D eigenvalue weighted by Gasteiger charge is -2.22. The van der Waals surface area contributed by atoms with Gasteiger partial charge in [-0.15, -0.1) is 0 Å². The van der Waals surface area contributed by atoms with Gasteiger partial charge in [-0.25, -0.2) is 0 Å². The molecule has 0 amide bonds. The van der Waals surface area contributed by atoms with Crippen molar-refractivity contribution in [2.45, 2.75) is 39.9 Å². The first-order valence-electron chi connectivity index (χ1n) is 9.59. The number of hydrogen-bond acceptors (Lipinski definition) is 3. The summed E-state index contributed by atoms with van der Waals surface area (Å²) in [5.74, 6) is 0.607. The molecule has 3 heterocycles. The first-order valence-corrected chi connectivity index (χ1v) is 13.1. The molecule has 0 radical (unpaired) electrons. The summed E-state index contributed by atoms with van der Waals surface area (Å²) in [6, 6.07) is 10.4. The van der Waals surface area contributed by atoms with Gasteiger partial charge in [0.2, 0.25) is 0 Å². The number of benzene rings is 1. The summed E-state index contributed by atoms with van der Waals surface area (Å²) in [5, 5.41) is 3.59.